The van der Waals surface area contributed by atoms with E-state index in [1.807, 2.05) is 48.5 Å². The number of carbonyl (C=O) groups is 1. The van der Waals surface area contributed by atoms with Gasteiger partial charge >= 0.3 is 5.97 Å². The Morgan fingerprint density at radius 1 is 0.568 bits per heavy atom. The number of aryl methyl sites for hydroxylation is 1. The number of carbonyl (C=O) groups excluding carboxylic acids is 1. The Labute approximate surface area is 225 Å². The molecule has 0 bridgehead atoms. The highest BCUT2D eigenvalue weighted by Gasteiger charge is 2.55. The number of esters is 1. The summed E-state index contributed by atoms with van der Waals surface area (Å²) in [6.45, 7) is 2.07. The molecular formula is C33H28ClO2P. The third-order valence-electron chi connectivity index (χ3n) is 6.43. The van der Waals surface area contributed by atoms with Crippen molar-refractivity contribution in [3.63, 3.8) is 0 Å². The van der Waals surface area contributed by atoms with Gasteiger partial charge in [-0.2, -0.15) is 0 Å². The van der Waals surface area contributed by atoms with Gasteiger partial charge in [-0.15, -0.1) is 0 Å². The molecule has 5 aromatic carbocycles. The first kappa shape index (κ1) is 26.4. The average Bonchev–Trinajstić information content (AvgIpc) is 2.95. The van der Waals surface area contributed by atoms with Crippen LogP contribution in [0, 0.1) is 6.92 Å². The van der Waals surface area contributed by atoms with Crippen molar-refractivity contribution in [2.24, 2.45) is 0 Å². The summed E-state index contributed by atoms with van der Waals surface area (Å²) in [7, 11) is -2.52. The highest BCUT2D eigenvalue weighted by molar-refractivity contribution is 7.95. The molecule has 0 aromatic heterocycles. The maximum absolute atomic E-state index is 13.6. The summed E-state index contributed by atoms with van der Waals surface area (Å²) >= 11 is 0. The van der Waals surface area contributed by atoms with Gasteiger partial charge in [0.25, 0.3) is 0 Å². The van der Waals surface area contributed by atoms with Crippen LogP contribution in [0.5, 0.6) is 0 Å². The Balaban J connectivity index is 0.00000320. The molecule has 5 rings (SSSR count). The van der Waals surface area contributed by atoms with E-state index in [9.17, 15) is 4.79 Å². The van der Waals surface area contributed by atoms with Crippen molar-refractivity contribution in [2.45, 2.75) is 12.8 Å². The Morgan fingerprint density at radius 2 is 0.946 bits per heavy atom. The van der Waals surface area contributed by atoms with E-state index in [0.29, 0.717) is 5.56 Å². The fourth-order valence-electron chi connectivity index (χ4n) is 4.69. The van der Waals surface area contributed by atoms with Crippen LogP contribution in [0.15, 0.2) is 146 Å². The Morgan fingerprint density at radius 3 is 1.35 bits per heavy atom. The van der Waals surface area contributed by atoms with Gasteiger partial charge in [-0.1, -0.05) is 103 Å². The zero-order chi connectivity index (χ0) is 24.8. The molecule has 0 aliphatic rings. The molecule has 0 aliphatic heterocycles. The first-order valence-electron chi connectivity index (χ1n) is 12.1. The van der Waals surface area contributed by atoms with Crippen LogP contribution < -0.4 is 28.3 Å². The molecule has 0 fully saturated rings. The summed E-state index contributed by atoms with van der Waals surface area (Å²) in [5.41, 5.74) is 2.69. The second-order valence-corrected chi connectivity index (χ2v) is 12.2. The van der Waals surface area contributed by atoms with Crippen molar-refractivity contribution >= 4 is 29.1 Å². The van der Waals surface area contributed by atoms with Crippen LogP contribution in [0.1, 0.15) is 27.3 Å². The number of halogens is 1. The van der Waals surface area contributed by atoms with Crippen LogP contribution in [-0.4, -0.2) is 5.97 Å². The zero-order valence-corrected chi connectivity index (χ0v) is 22.2. The molecule has 0 N–H and O–H groups in total. The summed E-state index contributed by atoms with van der Waals surface area (Å²) in [6.07, 6.45) is 0. The molecule has 0 heterocycles. The normalized spacial score (nSPS) is 11.7. The lowest BCUT2D eigenvalue weighted by molar-refractivity contribution is -0.0000265. The summed E-state index contributed by atoms with van der Waals surface area (Å²) in [5, 5.41) is 3.48. The highest BCUT2D eigenvalue weighted by Crippen LogP contribution is 2.67. The van der Waals surface area contributed by atoms with Crippen LogP contribution >= 0.6 is 7.26 Å². The molecule has 1 atom stereocenters. The van der Waals surface area contributed by atoms with Crippen molar-refractivity contribution in [2.75, 3.05) is 0 Å². The molecular weight excluding hydrogens is 495 g/mol. The number of hydrogen-bond acceptors (Lipinski definition) is 2. The molecule has 0 spiro atoms. The summed E-state index contributed by atoms with van der Waals surface area (Å²) in [4.78, 5) is 13.6. The van der Waals surface area contributed by atoms with E-state index in [1.54, 1.807) is 0 Å². The first-order chi connectivity index (χ1) is 17.7. The number of hydrogen-bond donors (Lipinski definition) is 0. The topological polar surface area (TPSA) is 26.3 Å². The number of rotatable bonds is 7. The maximum atomic E-state index is 13.6. The minimum atomic E-state index is -2.52. The Kier molecular flexibility index (Phi) is 8.56. The van der Waals surface area contributed by atoms with Crippen LogP contribution in [0.25, 0.3) is 0 Å². The molecule has 0 saturated carbocycles. The lowest BCUT2D eigenvalue weighted by atomic mass is 10.1. The fraction of sp³-hybridized carbons (Fsp3) is 0.0606. The predicted octanol–water partition coefficient (Wildman–Crippen LogP) is 3.85. The van der Waals surface area contributed by atoms with E-state index in [2.05, 4.69) is 104 Å². The summed E-state index contributed by atoms with van der Waals surface area (Å²) in [6, 6.07) is 49.2. The van der Waals surface area contributed by atoms with Crippen molar-refractivity contribution < 1.29 is 21.9 Å². The van der Waals surface area contributed by atoms with Gasteiger partial charge in [0.05, 0.1) is 5.56 Å². The van der Waals surface area contributed by atoms with E-state index in [4.69, 9.17) is 4.74 Å². The fourth-order valence-corrected chi connectivity index (χ4v) is 9.20. The maximum Gasteiger partial charge on any atom is 0.341 e. The van der Waals surface area contributed by atoms with Gasteiger partial charge in [-0.25, -0.2) is 4.79 Å². The Hall–Kier alpha value is -3.71. The monoisotopic (exact) mass is 522 g/mol. The van der Waals surface area contributed by atoms with Crippen molar-refractivity contribution in [3.05, 3.63) is 162 Å². The van der Waals surface area contributed by atoms with Gasteiger partial charge in [0.2, 0.25) is 5.85 Å². The molecule has 0 radical (unpaired) electrons. The SMILES string of the molecule is Cc1ccc(C(OC(=O)c2ccccc2)[P+](c2ccccc2)(c2ccccc2)c2ccccc2)cc1.[Cl-]. The molecule has 0 aliphatic carbocycles. The summed E-state index contributed by atoms with van der Waals surface area (Å²) in [5.74, 6) is -0.841. The lowest BCUT2D eigenvalue weighted by Gasteiger charge is -2.34. The van der Waals surface area contributed by atoms with Crippen LogP contribution in [0.4, 0.5) is 0 Å². The quantitative estimate of drug-likeness (QED) is 0.240. The van der Waals surface area contributed by atoms with Gasteiger partial charge < -0.3 is 17.1 Å². The standard InChI is InChI=1S/C33H28O2P.ClH/c1-26-22-24-28(25-23-26)33(35-32(34)27-14-6-2-7-15-27)36(29-16-8-3-9-17-29,30-18-10-4-11-19-30)31-20-12-5-13-21-31;/h2-25,33H,1H3;1H/q+1;/p-1. The van der Waals surface area contributed by atoms with Crippen LogP contribution in [-0.2, 0) is 4.74 Å². The van der Waals surface area contributed by atoms with E-state index in [1.165, 1.54) is 0 Å². The Bertz CT molecular complexity index is 1310. The molecule has 4 heteroatoms. The molecule has 0 amide bonds. The first-order valence-corrected chi connectivity index (χ1v) is 13.9. The minimum absolute atomic E-state index is 0. The molecule has 37 heavy (non-hydrogen) atoms. The smallest absolute Gasteiger partial charge is 0.341 e. The number of benzene rings is 5. The van der Waals surface area contributed by atoms with Crippen LogP contribution in [0.3, 0.4) is 0 Å². The van der Waals surface area contributed by atoms with E-state index < -0.39 is 13.1 Å². The van der Waals surface area contributed by atoms with E-state index in [-0.39, 0.29) is 18.4 Å². The minimum Gasteiger partial charge on any atom is -1.00 e. The van der Waals surface area contributed by atoms with E-state index in [0.717, 1.165) is 27.0 Å². The van der Waals surface area contributed by atoms with Gasteiger partial charge in [0.15, 0.2) is 7.26 Å². The molecule has 1 unspecified atom stereocenters. The molecule has 0 saturated heterocycles. The zero-order valence-electron chi connectivity index (χ0n) is 20.6. The highest BCUT2D eigenvalue weighted by atomic mass is 35.5. The average molecular weight is 523 g/mol. The lowest BCUT2D eigenvalue weighted by Crippen LogP contribution is -3.00. The third-order valence-corrected chi connectivity index (χ3v) is 10.9. The second-order valence-electron chi connectivity index (χ2n) is 8.76. The van der Waals surface area contributed by atoms with E-state index >= 15 is 0 Å². The van der Waals surface area contributed by atoms with Crippen molar-refractivity contribution in [1.29, 1.82) is 0 Å². The second kappa shape index (κ2) is 12.0. The van der Waals surface area contributed by atoms with Gasteiger partial charge in [0, 0.05) is 5.56 Å². The van der Waals surface area contributed by atoms with Gasteiger partial charge in [-0.05, 0) is 55.5 Å². The van der Waals surface area contributed by atoms with Crippen LogP contribution in [0.2, 0.25) is 0 Å². The van der Waals surface area contributed by atoms with Gasteiger partial charge in [-0.3, -0.25) is 0 Å². The van der Waals surface area contributed by atoms with Crippen molar-refractivity contribution in [3.8, 4) is 0 Å². The summed E-state index contributed by atoms with van der Waals surface area (Å²) < 4.78 is 6.60. The molecule has 5 aromatic rings. The third kappa shape index (κ3) is 5.37. The van der Waals surface area contributed by atoms with Crippen molar-refractivity contribution in [1.82, 2.24) is 0 Å². The number of ether oxygens (including phenoxy) is 1. The molecule has 2 nitrogen and oxygen atoms in total. The van der Waals surface area contributed by atoms with Gasteiger partial charge in [0.1, 0.15) is 15.9 Å². The predicted molar refractivity (Wildman–Crippen MR) is 151 cm³/mol. The molecule has 184 valence electrons. The largest absolute Gasteiger partial charge is 1.00 e.